The quantitative estimate of drug-likeness (QED) is 0.373. The Morgan fingerprint density at radius 2 is 1.51 bits per heavy atom. The number of hydrogen-bond acceptors (Lipinski definition) is 4. The number of halogens is 1. The largest absolute Gasteiger partial charge is 0.357 e. The molecule has 1 unspecified atom stereocenters. The second kappa shape index (κ2) is 13.4. The number of rotatable bonds is 12. The fourth-order valence-electron chi connectivity index (χ4n) is 4.02. The molecule has 0 saturated heterocycles. The SMILES string of the molecule is CNC(=O)C(Cc1ccccc1)N(Cc1ccccc1Cl)C(=O)CCCN(C)S(=O)(=O)c1ccccc1. The van der Waals surface area contributed by atoms with Crippen molar-refractivity contribution < 1.29 is 18.0 Å². The summed E-state index contributed by atoms with van der Waals surface area (Å²) in [5.41, 5.74) is 1.64. The van der Waals surface area contributed by atoms with Crippen LogP contribution in [0.5, 0.6) is 0 Å². The molecule has 0 aromatic heterocycles. The van der Waals surface area contributed by atoms with Crippen LogP contribution in [0.1, 0.15) is 24.0 Å². The Kier molecular flexibility index (Phi) is 10.3. The Balaban J connectivity index is 1.79. The van der Waals surface area contributed by atoms with Gasteiger partial charge in [-0.15, -0.1) is 0 Å². The summed E-state index contributed by atoms with van der Waals surface area (Å²) in [6, 6.07) is 24.1. The van der Waals surface area contributed by atoms with Gasteiger partial charge >= 0.3 is 0 Å². The topological polar surface area (TPSA) is 86.8 Å². The van der Waals surface area contributed by atoms with Gasteiger partial charge in [-0.05, 0) is 35.7 Å². The van der Waals surface area contributed by atoms with Crippen molar-refractivity contribution >= 4 is 33.4 Å². The molecule has 0 aliphatic heterocycles. The Morgan fingerprint density at radius 1 is 0.919 bits per heavy atom. The molecule has 0 aliphatic rings. The molecule has 9 heteroatoms. The minimum absolute atomic E-state index is 0.0708. The molecular formula is C28H32ClN3O4S. The minimum atomic E-state index is -3.66. The first-order chi connectivity index (χ1) is 17.7. The van der Waals surface area contributed by atoms with Crippen LogP contribution in [-0.4, -0.2) is 56.1 Å². The highest BCUT2D eigenvalue weighted by Crippen LogP contribution is 2.22. The fourth-order valence-corrected chi connectivity index (χ4v) is 5.45. The molecule has 3 rings (SSSR count). The van der Waals surface area contributed by atoms with Crippen LogP contribution >= 0.6 is 11.6 Å². The van der Waals surface area contributed by atoms with E-state index in [9.17, 15) is 18.0 Å². The lowest BCUT2D eigenvalue weighted by molar-refractivity contribution is -0.141. The van der Waals surface area contributed by atoms with E-state index in [2.05, 4.69) is 5.32 Å². The molecule has 0 bridgehead atoms. The van der Waals surface area contributed by atoms with Gasteiger partial charge < -0.3 is 10.2 Å². The first-order valence-corrected chi connectivity index (χ1v) is 13.9. The third kappa shape index (κ3) is 7.64. The zero-order chi connectivity index (χ0) is 26.8. The number of benzene rings is 3. The summed E-state index contributed by atoms with van der Waals surface area (Å²) in [7, 11) is -0.618. The molecule has 0 aliphatic carbocycles. The molecule has 196 valence electrons. The molecule has 0 heterocycles. The highest BCUT2D eigenvalue weighted by molar-refractivity contribution is 7.89. The van der Waals surface area contributed by atoms with Crippen LogP contribution in [0.2, 0.25) is 5.02 Å². The number of hydrogen-bond donors (Lipinski definition) is 1. The zero-order valence-corrected chi connectivity index (χ0v) is 22.6. The average molecular weight is 542 g/mol. The molecule has 1 atom stereocenters. The van der Waals surface area contributed by atoms with E-state index in [0.717, 1.165) is 11.1 Å². The maximum absolute atomic E-state index is 13.5. The Morgan fingerprint density at radius 3 is 2.14 bits per heavy atom. The minimum Gasteiger partial charge on any atom is -0.357 e. The smallest absolute Gasteiger partial charge is 0.242 e. The number of likely N-dealkylation sites (N-methyl/N-ethyl adjacent to an activating group) is 1. The molecule has 7 nitrogen and oxygen atoms in total. The van der Waals surface area contributed by atoms with Gasteiger partial charge in [0.25, 0.3) is 0 Å². The van der Waals surface area contributed by atoms with Gasteiger partial charge in [0.1, 0.15) is 6.04 Å². The van der Waals surface area contributed by atoms with Crippen LogP contribution < -0.4 is 5.32 Å². The Bertz CT molecular complexity index is 1290. The Hall–Kier alpha value is -3.20. The highest BCUT2D eigenvalue weighted by atomic mass is 35.5. The molecule has 1 N–H and O–H groups in total. The monoisotopic (exact) mass is 541 g/mol. The average Bonchev–Trinajstić information content (AvgIpc) is 2.92. The van der Waals surface area contributed by atoms with Crippen molar-refractivity contribution in [1.29, 1.82) is 0 Å². The number of amides is 2. The Labute approximate surface area is 224 Å². The van der Waals surface area contributed by atoms with Crippen molar-refractivity contribution in [2.75, 3.05) is 20.6 Å². The van der Waals surface area contributed by atoms with Gasteiger partial charge in [0, 0.05) is 45.0 Å². The van der Waals surface area contributed by atoms with Crippen LogP contribution in [0.3, 0.4) is 0 Å². The number of carbonyl (C=O) groups excluding carboxylic acids is 2. The maximum atomic E-state index is 13.5. The van der Waals surface area contributed by atoms with E-state index in [1.54, 1.807) is 54.4 Å². The lowest BCUT2D eigenvalue weighted by atomic mass is 10.0. The van der Waals surface area contributed by atoms with Crippen LogP contribution in [0.25, 0.3) is 0 Å². The number of sulfonamides is 1. The highest BCUT2D eigenvalue weighted by Gasteiger charge is 2.30. The van der Waals surface area contributed by atoms with Gasteiger partial charge in [0.05, 0.1) is 4.90 Å². The molecule has 0 fully saturated rings. The normalized spacial score (nSPS) is 12.2. The second-order valence-electron chi connectivity index (χ2n) is 8.68. The van der Waals surface area contributed by atoms with E-state index >= 15 is 0 Å². The fraction of sp³-hybridized carbons (Fsp3) is 0.286. The van der Waals surface area contributed by atoms with Crippen molar-refractivity contribution in [3.05, 3.63) is 101 Å². The van der Waals surface area contributed by atoms with E-state index in [1.165, 1.54) is 11.4 Å². The standard InChI is InChI=1S/C28H32ClN3O4S/c1-30-28(34)26(20-22-12-5-3-6-13-22)32(21-23-14-9-10-17-25(23)29)27(33)18-11-19-31(2)37(35,36)24-15-7-4-8-16-24/h3-10,12-17,26H,11,18-21H2,1-2H3,(H,30,34). The molecule has 37 heavy (non-hydrogen) atoms. The van der Waals surface area contributed by atoms with Gasteiger partial charge in [-0.1, -0.05) is 78.3 Å². The van der Waals surface area contributed by atoms with E-state index < -0.39 is 16.1 Å². The van der Waals surface area contributed by atoms with Crippen molar-refractivity contribution in [2.45, 2.75) is 36.7 Å². The molecule has 2 amide bonds. The third-order valence-electron chi connectivity index (χ3n) is 6.13. The molecule has 0 radical (unpaired) electrons. The van der Waals surface area contributed by atoms with Crippen molar-refractivity contribution in [3.8, 4) is 0 Å². The number of carbonyl (C=O) groups is 2. The van der Waals surface area contributed by atoms with Crippen LogP contribution in [0, 0.1) is 0 Å². The molecule has 0 saturated carbocycles. The predicted octanol–water partition coefficient (Wildman–Crippen LogP) is 4.13. The first kappa shape index (κ1) is 28.4. The lowest BCUT2D eigenvalue weighted by Crippen LogP contribution is -2.49. The number of nitrogens with one attached hydrogen (secondary N) is 1. The molecule has 0 spiro atoms. The molecule has 3 aromatic carbocycles. The van der Waals surface area contributed by atoms with Crippen molar-refractivity contribution in [3.63, 3.8) is 0 Å². The third-order valence-corrected chi connectivity index (χ3v) is 8.37. The summed E-state index contributed by atoms with van der Waals surface area (Å²) in [6.07, 6.45) is 0.701. The van der Waals surface area contributed by atoms with Crippen molar-refractivity contribution in [2.24, 2.45) is 0 Å². The van der Waals surface area contributed by atoms with E-state index in [1.807, 2.05) is 42.5 Å². The first-order valence-electron chi connectivity index (χ1n) is 12.0. The van der Waals surface area contributed by atoms with Gasteiger partial charge in [-0.2, -0.15) is 0 Å². The summed E-state index contributed by atoms with van der Waals surface area (Å²) in [4.78, 5) is 28.3. The predicted molar refractivity (Wildman–Crippen MR) is 145 cm³/mol. The van der Waals surface area contributed by atoms with E-state index in [-0.39, 0.29) is 36.2 Å². The summed E-state index contributed by atoms with van der Waals surface area (Å²) >= 11 is 6.39. The van der Waals surface area contributed by atoms with E-state index in [4.69, 9.17) is 11.6 Å². The van der Waals surface area contributed by atoms with Crippen LogP contribution in [0.4, 0.5) is 0 Å². The molecular weight excluding hydrogens is 510 g/mol. The van der Waals surface area contributed by atoms with Gasteiger partial charge in [-0.3, -0.25) is 9.59 Å². The van der Waals surface area contributed by atoms with Crippen LogP contribution in [0.15, 0.2) is 89.8 Å². The van der Waals surface area contributed by atoms with Gasteiger partial charge in [-0.25, -0.2) is 12.7 Å². The molecule has 3 aromatic rings. The van der Waals surface area contributed by atoms with Gasteiger partial charge in [0.15, 0.2) is 0 Å². The van der Waals surface area contributed by atoms with E-state index in [0.29, 0.717) is 17.9 Å². The summed E-state index contributed by atoms with van der Waals surface area (Å²) in [5, 5.41) is 3.18. The van der Waals surface area contributed by atoms with Gasteiger partial charge in [0.2, 0.25) is 21.8 Å². The lowest BCUT2D eigenvalue weighted by Gasteiger charge is -2.31. The summed E-state index contributed by atoms with van der Waals surface area (Å²) in [6.45, 7) is 0.313. The maximum Gasteiger partial charge on any atom is 0.242 e. The van der Waals surface area contributed by atoms with Crippen molar-refractivity contribution in [1.82, 2.24) is 14.5 Å². The number of nitrogens with zero attached hydrogens (tertiary/aromatic N) is 2. The second-order valence-corrected chi connectivity index (χ2v) is 11.1. The summed E-state index contributed by atoms with van der Waals surface area (Å²) < 4.78 is 26.9. The zero-order valence-electron chi connectivity index (χ0n) is 21.0. The van der Waals surface area contributed by atoms with Crippen LogP contribution in [-0.2, 0) is 32.6 Å². The summed E-state index contributed by atoms with van der Waals surface area (Å²) in [5.74, 6) is -0.539.